The van der Waals surface area contributed by atoms with Crippen molar-refractivity contribution in [3.8, 4) is 0 Å². The fourth-order valence-corrected chi connectivity index (χ4v) is 3.66. The summed E-state index contributed by atoms with van der Waals surface area (Å²) >= 11 is 0. The minimum atomic E-state index is -0.196. The van der Waals surface area contributed by atoms with Gasteiger partial charge >= 0.3 is 0 Å². The van der Waals surface area contributed by atoms with E-state index < -0.39 is 0 Å². The molecule has 3 rings (SSSR count). The summed E-state index contributed by atoms with van der Waals surface area (Å²) in [5, 5.41) is 12.7. The molecule has 0 bridgehead atoms. The fourth-order valence-electron chi connectivity index (χ4n) is 3.66. The van der Waals surface area contributed by atoms with Crippen LogP contribution in [0.4, 0.5) is 0 Å². The molecule has 146 valence electrons. The van der Waals surface area contributed by atoms with Crippen LogP contribution in [0.15, 0.2) is 24.3 Å². The number of primary amides is 1. The van der Waals surface area contributed by atoms with Crippen LogP contribution in [0.25, 0.3) is 0 Å². The molecule has 0 aliphatic carbocycles. The molecule has 1 aromatic carbocycles. The van der Waals surface area contributed by atoms with Crippen LogP contribution in [-0.4, -0.2) is 44.1 Å². The first-order chi connectivity index (χ1) is 12.8. The lowest BCUT2D eigenvalue weighted by atomic mass is 9.92. The zero-order valence-electron chi connectivity index (χ0n) is 16.7. The molecule has 0 unspecified atom stereocenters. The van der Waals surface area contributed by atoms with Crippen LogP contribution in [0.1, 0.15) is 63.0 Å². The highest BCUT2D eigenvalue weighted by atomic mass is 16.1. The van der Waals surface area contributed by atoms with Gasteiger partial charge < -0.3 is 5.73 Å². The smallest absolute Gasteiger partial charge is 0.220 e. The van der Waals surface area contributed by atoms with Gasteiger partial charge in [0.1, 0.15) is 0 Å². The Kier molecular flexibility index (Phi) is 5.60. The second-order valence-electron chi connectivity index (χ2n) is 8.14. The van der Waals surface area contributed by atoms with Gasteiger partial charge in [-0.1, -0.05) is 36.8 Å². The number of hydrogen-bond acceptors (Lipinski definition) is 5. The molecule has 0 radical (unpaired) electrons. The van der Waals surface area contributed by atoms with Gasteiger partial charge in [0.2, 0.25) is 5.91 Å². The third-order valence-corrected chi connectivity index (χ3v) is 5.87. The number of rotatable bonds is 6. The zero-order chi connectivity index (χ0) is 19.6. The number of likely N-dealkylation sites (tertiary alicyclic amines) is 1. The van der Waals surface area contributed by atoms with Gasteiger partial charge in [0.05, 0.1) is 11.6 Å². The molecule has 0 spiro atoms. The predicted octanol–water partition coefficient (Wildman–Crippen LogP) is 2.41. The summed E-state index contributed by atoms with van der Waals surface area (Å²) in [5.74, 6) is 0.615. The lowest BCUT2D eigenvalue weighted by Crippen LogP contribution is -2.42. The summed E-state index contributed by atoms with van der Waals surface area (Å²) in [7, 11) is 0. The molecule has 7 heteroatoms. The molecule has 1 atom stereocenters. The molecule has 2 N–H and O–H groups in total. The average Bonchev–Trinajstić information content (AvgIpc) is 3.14. The van der Waals surface area contributed by atoms with Crippen molar-refractivity contribution in [2.45, 2.75) is 58.5 Å². The highest BCUT2D eigenvalue weighted by molar-refractivity contribution is 5.76. The highest BCUT2D eigenvalue weighted by Gasteiger charge is 2.35. The minimum Gasteiger partial charge on any atom is -0.369 e. The number of nitrogens with zero attached hydrogens (tertiary/aromatic N) is 5. The van der Waals surface area contributed by atoms with Gasteiger partial charge in [0, 0.05) is 5.92 Å². The third kappa shape index (κ3) is 4.03. The standard InChI is InChI=1S/C20H30N6O/c1-5-20(3,4)26-19(22-23-24-26)17(15-8-6-14(2)7-9-15)25-12-10-16(11-13-25)18(21)27/h6-9,16-17H,5,10-13H2,1-4H3,(H2,21,27)/t17-/m0/s1. The van der Waals surface area contributed by atoms with E-state index in [1.54, 1.807) is 0 Å². The Bertz CT molecular complexity index is 774. The normalized spacial score (nSPS) is 17.8. The monoisotopic (exact) mass is 370 g/mol. The molecule has 2 aromatic rings. The van der Waals surface area contributed by atoms with E-state index in [9.17, 15) is 4.79 Å². The topological polar surface area (TPSA) is 89.9 Å². The maximum absolute atomic E-state index is 11.6. The maximum Gasteiger partial charge on any atom is 0.220 e. The molecule has 1 aromatic heterocycles. The largest absolute Gasteiger partial charge is 0.369 e. The van der Waals surface area contributed by atoms with E-state index in [1.165, 1.54) is 11.1 Å². The van der Waals surface area contributed by atoms with Crippen LogP contribution in [0.3, 0.4) is 0 Å². The Labute approximate surface area is 160 Å². The number of aryl methyl sites for hydroxylation is 1. The SMILES string of the molecule is CCC(C)(C)n1nnnc1[C@H](c1ccc(C)cc1)N1CCC(C(N)=O)CC1. The lowest BCUT2D eigenvalue weighted by molar-refractivity contribution is -0.123. The van der Waals surface area contributed by atoms with Gasteiger partial charge in [-0.2, -0.15) is 0 Å². The summed E-state index contributed by atoms with van der Waals surface area (Å²) in [6.07, 6.45) is 2.47. The first-order valence-corrected chi connectivity index (χ1v) is 9.72. The second-order valence-corrected chi connectivity index (χ2v) is 8.14. The molecule has 2 heterocycles. The fraction of sp³-hybridized carbons (Fsp3) is 0.600. The molecule has 1 aliphatic heterocycles. The number of nitrogens with two attached hydrogens (primary N) is 1. The average molecular weight is 371 g/mol. The quantitative estimate of drug-likeness (QED) is 0.843. The molecule has 1 fully saturated rings. The summed E-state index contributed by atoms with van der Waals surface area (Å²) in [6.45, 7) is 10.1. The zero-order valence-corrected chi connectivity index (χ0v) is 16.7. The Morgan fingerprint density at radius 2 is 1.89 bits per heavy atom. The van der Waals surface area contributed by atoms with Crippen molar-refractivity contribution in [1.29, 1.82) is 0 Å². The van der Waals surface area contributed by atoms with Crippen LogP contribution in [0, 0.1) is 12.8 Å². The van der Waals surface area contributed by atoms with E-state index in [1.807, 2.05) is 4.68 Å². The van der Waals surface area contributed by atoms with E-state index in [2.05, 4.69) is 72.4 Å². The molecule has 1 aliphatic rings. The first-order valence-electron chi connectivity index (χ1n) is 9.72. The number of piperidine rings is 1. The van der Waals surface area contributed by atoms with Crippen molar-refractivity contribution in [2.75, 3.05) is 13.1 Å². The molecule has 27 heavy (non-hydrogen) atoms. The van der Waals surface area contributed by atoms with Gasteiger partial charge in [-0.05, 0) is 69.1 Å². The predicted molar refractivity (Wildman–Crippen MR) is 104 cm³/mol. The Hall–Kier alpha value is -2.28. The van der Waals surface area contributed by atoms with Gasteiger partial charge in [0.25, 0.3) is 0 Å². The van der Waals surface area contributed by atoms with E-state index in [0.29, 0.717) is 0 Å². The van der Waals surface area contributed by atoms with Crippen LogP contribution in [-0.2, 0) is 10.3 Å². The summed E-state index contributed by atoms with van der Waals surface area (Å²) < 4.78 is 1.96. The van der Waals surface area contributed by atoms with E-state index >= 15 is 0 Å². The summed E-state index contributed by atoms with van der Waals surface area (Å²) in [5.41, 5.74) is 7.73. The van der Waals surface area contributed by atoms with E-state index in [4.69, 9.17) is 5.73 Å². The van der Waals surface area contributed by atoms with Crippen LogP contribution >= 0.6 is 0 Å². The number of hydrogen-bond donors (Lipinski definition) is 1. The highest BCUT2D eigenvalue weighted by Crippen LogP contribution is 2.33. The molecular formula is C20H30N6O. The van der Waals surface area contributed by atoms with Crippen LogP contribution < -0.4 is 5.73 Å². The number of aromatic nitrogens is 4. The Balaban J connectivity index is 1.99. The Morgan fingerprint density at radius 1 is 1.26 bits per heavy atom. The van der Waals surface area contributed by atoms with E-state index in [0.717, 1.165) is 38.2 Å². The summed E-state index contributed by atoms with van der Waals surface area (Å²) in [4.78, 5) is 13.9. The lowest BCUT2D eigenvalue weighted by Gasteiger charge is -2.37. The maximum atomic E-state index is 11.6. The number of carbonyl (C=O) groups is 1. The van der Waals surface area contributed by atoms with Crippen molar-refractivity contribution in [2.24, 2.45) is 11.7 Å². The third-order valence-electron chi connectivity index (χ3n) is 5.87. The number of amides is 1. The van der Waals surface area contributed by atoms with Crippen molar-refractivity contribution in [3.05, 3.63) is 41.2 Å². The second kappa shape index (κ2) is 7.76. The number of benzene rings is 1. The van der Waals surface area contributed by atoms with Crippen molar-refractivity contribution >= 4 is 5.91 Å². The number of tetrazole rings is 1. The molecule has 0 saturated carbocycles. The van der Waals surface area contributed by atoms with Crippen molar-refractivity contribution < 1.29 is 4.79 Å². The molecule has 1 amide bonds. The molecule has 1 saturated heterocycles. The van der Waals surface area contributed by atoms with Gasteiger partial charge in [0.15, 0.2) is 5.82 Å². The van der Waals surface area contributed by atoms with Gasteiger partial charge in [-0.25, -0.2) is 4.68 Å². The van der Waals surface area contributed by atoms with Gasteiger partial charge in [-0.15, -0.1) is 5.10 Å². The first kappa shape index (κ1) is 19.5. The number of carbonyl (C=O) groups excluding carboxylic acids is 1. The Morgan fingerprint density at radius 3 is 2.44 bits per heavy atom. The summed E-state index contributed by atoms with van der Waals surface area (Å²) in [6, 6.07) is 8.51. The van der Waals surface area contributed by atoms with E-state index in [-0.39, 0.29) is 23.4 Å². The van der Waals surface area contributed by atoms with Crippen molar-refractivity contribution in [3.63, 3.8) is 0 Å². The molecule has 7 nitrogen and oxygen atoms in total. The van der Waals surface area contributed by atoms with Crippen LogP contribution in [0.5, 0.6) is 0 Å². The minimum absolute atomic E-state index is 0.0389. The molecular weight excluding hydrogens is 340 g/mol. The van der Waals surface area contributed by atoms with Gasteiger partial charge in [-0.3, -0.25) is 9.69 Å². The van der Waals surface area contributed by atoms with Crippen LogP contribution in [0.2, 0.25) is 0 Å². The van der Waals surface area contributed by atoms with Crippen molar-refractivity contribution in [1.82, 2.24) is 25.1 Å².